The van der Waals surface area contributed by atoms with E-state index in [9.17, 15) is 0 Å². The van der Waals surface area contributed by atoms with Crippen molar-refractivity contribution in [1.29, 1.82) is 0 Å². The second kappa shape index (κ2) is 5.69. The van der Waals surface area contributed by atoms with Crippen LogP contribution in [0.4, 0.5) is 0 Å². The van der Waals surface area contributed by atoms with E-state index < -0.39 is 0 Å². The molecule has 0 bridgehead atoms. The lowest BCUT2D eigenvalue weighted by atomic mass is 10.1. The Bertz CT molecular complexity index is 720. The van der Waals surface area contributed by atoms with Crippen molar-refractivity contribution in [2.75, 3.05) is 7.05 Å². The van der Waals surface area contributed by atoms with Gasteiger partial charge in [0.25, 0.3) is 0 Å². The quantitative estimate of drug-likeness (QED) is 0.795. The number of benzene rings is 2. The summed E-state index contributed by atoms with van der Waals surface area (Å²) >= 11 is 1.68. The van der Waals surface area contributed by atoms with Crippen molar-refractivity contribution in [2.24, 2.45) is 0 Å². The molecule has 0 aliphatic rings. The Labute approximate surface area is 122 Å². The molecule has 20 heavy (non-hydrogen) atoms. The maximum absolute atomic E-state index is 4.29. The van der Waals surface area contributed by atoms with E-state index in [0.717, 1.165) is 16.4 Å². The normalized spacial score (nSPS) is 12.7. The van der Waals surface area contributed by atoms with Gasteiger partial charge in [-0.2, -0.15) is 0 Å². The molecule has 1 N–H and O–H groups in total. The van der Waals surface area contributed by atoms with Crippen molar-refractivity contribution in [3.05, 3.63) is 58.0 Å². The third-order valence-corrected chi connectivity index (χ3v) is 4.56. The highest BCUT2D eigenvalue weighted by Crippen LogP contribution is 2.22. The fraction of sp³-hybridized carbons (Fsp3) is 0.250. The molecule has 1 unspecified atom stereocenters. The predicted molar refractivity (Wildman–Crippen MR) is 84.1 cm³/mol. The lowest BCUT2D eigenvalue weighted by Crippen LogP contribution is -2.11. The maximum Gasteiger partial charge on any atom is 0.134 e. The van der Waals surface area contributed by atoms with Gasteiger partial charge in [-0.25, -0.2) is 0 Å². The highest BCUT2D eigenvalue weighted by atomic mass is 32.1. The Hall–Kier alpha value is -1.78. The summed E-state index contributed by atoms with van der Waals surface area (Å²) < 4.78 is 0. The first kappa shape index (κ1) is 13.2. The predicted octanol–water partition coefficient (Wildman–Crippen LogP) is 3.56. The zero-order valence-electron chi connectivity index (χ0n) is 11.6. The van der Waals surface area contributed by atoms with Gasteiger partial charge >= 0.3 is 0 Å². The van der Waals surface area contributed by atoms with Crippen LogP contribution in [0, 0.1) is 0 Å². The van der Waals surface area contributed by atoms with E-state index >= 15 is 0 Å². The number of fused-ring (bicyclic) bond motifs is 1. The van der Waals surface area contributed by atoms with E-state index in [1.807, 2.05) is 7.05 Å². The fourth-order valence-electron chi connectivity index (χ4n) is 2.16. The van der Waals surface area contributed by atoms with Crippen LogP contribution in [-0.4, -0.2) is 17.2 Å². The molecule has 4 heteroatoms. The molecule has 0 spiro atoms. The molecule has 0 radical (unpaired) electrons. The number of rotatable bonds is 4. The zero-order chi connectivity index (χ0) is 13.9. The monoisotopic (exact) mass is 283 g/mol. The average molecular weight is 283 g/mol. The van der Waals surface area contributed by atoms with Crippen molar-refractivity contribution in [1.82, 2.24) is 15.5 Å². The second-order valence-corrected chi connectivity index (χ2v) is 6.00. The molecule has 0 saturated heterocycles. The van der Waals surface area contributed by atoms with Gasteiger partial charge in [0.15, 0.2) is 0 Å². The Morgan fingerprint density at radius 2 is 1.90 bits per heavy atom. The van der Waals surface area contributed by atoms with Crippen LogP contribution < -0.4 is 5.32 Å². The zero-order valence-corrected chi connectivity index (χ0v) is 12.4. The molecule has 3 rings (SSSR count). The Morgan fingerprint density at radius 3 is 2.70 bits per heavy atom. The minimum Gasteiger partial charge on any atom is -0.311 e. The van der Waals surface area contributed by atoms with E-state index in [2.05, 4.69) is 64.9 Å². The Morgan fingerprint density at radius 1 is 1.10 bits per heavy atom. The average Bonchev–Trinajstić information content (AvgIpc) is 2.95. The SMILES string of the molecule is CNC(C)c1nnc(Cc2ccc3ccccc3c2)s1. The van der Waals surface area contributed by atoms with Crippen molar-refractivity contribution in [2.45, 2.75) is 19.4 Å². The van der Waals surface area contributed by atoms with Gasteiger partial charge in [0.2, 0.25) is 0 Å². The minimum atomic E-state index is 0.262. The number of nitrogens with one attached hydrogen (secondary N) is 1. The van der Waals surface area contributed by atoms with Gasteiger partial charge in [-0.3, -0.25) is 0 Å². The van der Waals surface area contributed by atoms with Gasteiger partial charge in [-0.05, 0) is 30.3 Å². The van der Waals surface area contributed by atoms with Crippen LogP contribution in [0.15, 0.2) is 42.5 Å². The molecule has 2 aromatic carbocycles. The summed E-state index contributed by atoms with van der Waals surface area (Å²) in [6.45, 7) is 2.10. The van der Waals surface area contributed by atoms with E-state index in [1.165, 1.54) is 16.3 Å². The first-order valence-electron chi connectivity index (χ1n) is 6.73. The molecule has 3 aromatic rings. The molecule has 0 amide bonds. The van der Waals surface area contributed by atoms with Crippen LogP contribution in [0.25, 0.3) is 10.8 Å². The van der Waals surface area contributed by atoms with Gasteiger partial charge in [-0.15, -0.1) is 10.2 Å². The van der Waals surface area contributed by atoms with E-state index in [1.54, 1.807) is 11.3 Å². The van der Waals surface area contributed by atoms with Gasteiger partial charge in [0.05, 0.1) is 6.04 Å². The number of hydrogen-bond acceptors (Lipinski definition) is 4. The van der Waals surface area contributed by atoms with Crippen LogP contribution in [0.2, 0.25) is 0 Å². The molecule has 1 heterocycles. The lowest BCUT2D eigenvalue weighted by molar-refractivity contribution is 0.639. The Kier molecular flexibility index (Phi) is 3.76. The number of hydrogen-bond donors (Lipinski definition) is 1. The molecule has 102 valence electrons. The summed E-state index contributed by atoms with van der Waals surface area (Å²) in [6.07, 6.45) is 0.846. The molecule has 0 aliphatic heterocycles. The maximum atomic E-state index is 4.29. The van der Waals surface area contributed by atoms with Gasteiger partial charge in [0, 0.05) is 6.42 Å². The van der Waals surface area contributed by atoms with Crippen LogP contribution in [0.1, 0.15) is 28.5 Å². The standard InChI is InChI=1S/C16H17N3S/c1-11(17-2)16-19-18-15(20-16)10-12-7-8-13-5-3-4-6-14(13)9-12/h3-9,11,17H,10H2,1-2H3. The lowest BCUT2D eigenvalue weighted by Gasteiger charge is -2.03. The minimum absolute atomic E-state index is 0.262. The molecule has 1 atom stereocenters. The van der Waals surface area contributed by atoms with E-state index in [4.69, 9.17) is 0 Å². The van der Waals surface area contributed by atoms with E-state index in [-0.39, 0.29) is 6.04 Å². The second-order valence-electron chi connectivity index (χ2n) is 4.90. The summed E-state index contributed by atoms with van der Waals surface area (Å²) in [6, 6.07) is 15.3. The molecule has 0 fully saturated rings. The van der Waals surface area contributed by atoms with Crippen LogP contribution >= 0.6 is 11.3 Å². The van der Waals surface area contributed by atoms with Gasteiger partial charge < -0.3 is 5.32 Å². The number of aromatic nitrogens is 2. The van der Waals surface area contributed by atoms with Crippen LogP contribution in [0.5, 0.6) is 0 Å². The molecular weight excluding hydrogens is 266 g/mol. The first-order chi connectivity index (χ1) is 9.76. The smallest absolute Gasteiger partial charge is 0.134 e. The first-order valence-corrected chi connectivity index (χ1v) is 7.55. The fourth-order valence-corrected chi connectivity index (χ4v) is 3.10. The highest BCUT2D eigenvalue weighted by Gasteiger charge is 2.10. The van der Waals surface area contributed by atoms with Crippen LogP contribution in [-0.2, 0) is 6.42 Å². The number of nitrogens with zero attached hydrogens (tertiary/aromatic N) is 2. The largest absolute Gasteiger partial charge is 0.311 e. The summed E-state index contributed by atoms with van der Waals surface area (Å²) in [4.78, 5) is 0. The highest BCUT2D eigenvalue weighted by molar-refractivity contribution is 7.11. The van der Waals surface area contributed by atoms with Gasteiger partial charge in [-0.1, -0.05) is 53.8 Å². The van der Waals surface area contributed by atoms with Crippen molar-refractivity contribution in [3.63, 3.8) is 0 Å². The summed E-state index contributed by atoms with van der Waals surface area (Å²) in [5.41, 5.74) is 1.28. The molecule has 0 aliphatic carbocycles. The topological polar surface area (TPSA) is 37.8 Å². The Balaban J connectivity index is 1.83. The van der Waals surface area contributed by atoms with Crippen molar-refractivity contribution >= 4 is 22.1 Å². The molecule has 0 saturated carbocycles. The summed E-state index contributed by atoms with van der Waals surface area (Å²) in [7, 11) is 1.94. The third-order valence-electron chi connectivity index (χ3n) is 3.46. The van der Waals surface area contributed by atoms with Crippen LogP contribution in [0.3, 0.4) is 0 Å². The van der Waals surface area contributed by atoms with Gasteiger partial charge in [0.1, 0.15) is 10.0 Å². The summed E-state index contributed by atoms with van der Waals surface area (Å²) in [5, 5.41) is 16.4. The third kappa shape index (κ3) is 2.71. The van der Waals surface area contributed by atoms with Crippen molar-refractivity contribution in [3.8, 4) is 0 Å². The molecule has 3 nitrogen and oxygen atoms in total. The molecular formula is C16H17N3S. The molecule has 1 aromatic heterocycles. The summed E-state index contributed by atoms with van der Waals surface area (Å²) in [5.74, 6) is 0. The van der Waals surface area contributed by atoms with E-state index in [0.29, 0.717) is 0 Å². The van der Waals surface area contributed by atoms with Crippen molar-refractivity contribution < 1.29 is 0 Å².